The Hall–Kier alpha value is -2.49. The highest BCUT2D eigenvalue weighted by Crippen LogP contribution is 2.28. The molecule has 0 spiro atoms. The lowest BCUT2D eigenvalue weighted by Gasteiger charge is -2.38. The van der Waals surface area contributed by atoms with Crippen molar-refractivity contribution < 1.29 is 4.74 Å². The summed E-state index contributed by atoms with van der Waals surface area (Å²) in [4.78, 5) is 13.8. The standard InChI is InChI=1S/C22H28N6O.HI/c1-23-22(24-11-10-18-17-28-12-6-5-9-21(28)25-18)27-15-13-26(14-16-27)19-7-3-4-8-20(19)29-2;/h3-9,12,17H,10-11,13-16H2,1-2H3,(H,23,24);1H. The number of fused-ring (bicyclic) bond motifs is 1. The molecule has 0 saturated carbocycles. The van der Waals surface area contributed by atoms with Crippen LogP contribution in [0.5, 0.6) is 5.75 Å². The van der Waals surface area contributed by atoms with Gasteiger partial charge in [0.25, 0.3) is 0 Å². The summed E-state index contributed by atoms with van der Waals surface area (Å²) in [6.45, 7) is 4.53. The number of guanidine groups is 1. The molecule has 3 heterocycles. The van der Waals surface area contributed by atoms with E-state index in [2.05, 4.69) is 47.8 Å². The maximum absolute atomic E-state index is 5.51. The molecular weight excluding hydrogens is 491 g/mol. The number of hydrogen-bond acceptors (Lipinski definition) is 4. The number of ether oxygens (including phenoxy) is 1. The topological polar surface area (TPSA) is 57.4 Å². The summed E-state index contributed by atoms with van der Waals surface area (Å²) in [6.07, 6.45) is 4.98. The quantitative estimate of drug-likeness (QED) is 0.319. The lowest BCUT2D eigenvalue weighted by atomic mass is 10.2. The van der Waals surface area contributed by atoms with Gasteiger partial charge in [-0.05, 0) is 24.3 Å². The minimum absolute atomic E-state index is 0. The number of hydrogen-bond donors (Lipinski definition) is 1. The van der Waals surface area contributed by atoms with Crippen LogP contribution in [0.4, 0.5) is 5.69 Å². The van der Waals surface area contributed by atoms with Crippen molar-refractivity contribution in [3.05, 3.63) is 60.6 Å². The molecule has 1 fully saturated rings. The smallest absolute Gasteiger partial charge is 0.193 e. The van der Waals surface area contributed by atoms with Gasteiger partial charge < -0.3 is 24.3 Å². The fourth-order valence-corrected chi connectivity index (χ4v) is 3.79. The van der Waals surface area contributed by atoms with Gasteiger partial charge in [-0.25, -0.2) is 4.98 Å². The van der Waals surface area contributed by atoms with Crippen molar-refractivity contribution >= 4 is 41.3 Å². The number of methoxy groups -OCH3 is 1. The molecule has 1 aliphatic heterocycles. The van der Waals surface area contributed by atoms with Crippen molar-refractivity contribution in [1.29, 1.82) is 0 Å². The number of benzene rings is 1. The van der Waals surface area contributed by atoms with Crippen molar-refractivity contribution in [2.45, 2.75) is 6.42 Å². The van der Waals surface area contributed by atoms with Crippen LogP contribution in [0.15, 0.2) is 59.9 Å². The number of halogens is 1. The predicted molar refractivity (Wildman–Crippen MR) is 132 cm³/mol. The molecule has 1 aliphatic rings. The third-order valence-electron chi connectivity index (χ3n) is 5.30. The Kier molecular flexibility index (Phi) is 7.78. The van der Waals surface area contributed by atoms with E-state index >= 15 is 0 Å². The molecule has 3 aromatic rings. The molecule has 4 rings (SSSR count). The van der Waals surface area contributed by atoms with Gasteiger partial charge in [0, 0.05) is 58.6 Å². The summed E-state index contributed by atoms with van der Waals surface area (Å²) in [5.41, 5.74) is 3.23. The third-order valence-corrected chi connectivity index (χ3v) is 5.30. The van der Waals surface area contributed by atoms with Gasteiger partial charge in [-0.1, -0.05) is 18.2 Å². The summed E-state index contributed by atoms with van der Waals surface area (Å²) < 4.78 is 7.57. The molecule has 8 heteroatoms. The minimum atomic E-state index is 0. The van der Waals surface area contributed by atoms with E-state index in [4.69, 9.17) is 4.74 Å². The molecule has 0 unspecified atom stereocenters. The Balaban J connectivity index is 0.00000256. The second kappa shape index (κ2) is 10.5. The normalized spacial score (nSPS) is 14.5. The molecule has 0 atom stereocenters. The maximum Gasteiger partial charge on any atom is 0.193 e. The molecule has 0 amide bonds. The molecule has 0 radical (unpaired) electrons. The van der Waals surface area contributed by atoms with Crippen LogP contribution in [0.2, 0.25) is 0 Å². The highest BCUT2D eigenvalue weighted by atomic mass is 127. The molecule has 160 valence electrons. The Morgan fingerprint density at radius 2 is 1.87 bits per heavy atom. The van der Waals surface area contributed by atoms with Gasteiger partial charge in [-0.3, -0.25) is 4.99 Å². The minimum Gasteiger partial charge on any atom is -0.495 e. The van der Waals surface area contributed by atoms with E-state index in [1.165, 1.54) is 0 Å². The molecule has 30 heavy (non-hydrogen) atoms. The highest BCUT2D eigenvalue weighted by molar-refractivity contribution is 14.0. The number of nitrogens with one attached hydrogen (secondary N) is 1. The summed E-state index contributed by atoms with van der Waals surface area (Å²) >= 11 is 0. The summed E-state index contributed by atoms with van der Waals surface area (Å²) in [6, 6.07) is 14.3. The van der Waals surface area contributed by atoms with E-state index in [1.54, 1.807) is 7.11 Å². The van der Waals surface area contributed by atoms with Gasteiger partial charge in [0.05, 0.1) is 18.5 Å². The highest BCUT2D eigenvalue weighted by Gasteiger charge is 2.21. The van der Waals surface area contributed by atoms with Crippen molar-refractivity contribution in [1.82, 2.24) is 19.6 Å². The van der Waals surface area contributed by atoms with Crippen molar-refractivity contribution in [3.63, 3.8) is 0 Å². The largest absolute Gasteiger partial charge is 0.495 e. The number of pyridine rings is 1. The Labute approximate surface area is 194 Å². The summed E-state index contributed by atoms with van der Waals surface area (Å²) in [5, 5.41) is 3.49. The number of imidazole rings is 1. The van der Waals surface area contributed by atoms with E-state index < -0.39 is 0 Å². The Morgan fingerprint density at radius 3 is 2.60 bits per heavy atom. The zero-order valence-electron chi connectivity index (χ0n) is 17.5. The van der Waals surface area contributed by atoms with Crippen LogP contribution in [0.3, 0.4) is 0 Å². The molecule has 2 aromatic heterocycles. The third kappa shape index (κ3) is 4.97. The lowest BCUT2D eigenvalue weighted by molar-refractivity contribution is 0.367. The van der Waals surface area contributed by atoms with Crippen LogP contribution < -0.4 is 15.0 Å². The zero-order valence-corrected chi connectivity index (χ0v) is 19.8. The van der Waals surface area contributed by atoms with Crippen LogP contribution in [-0.2, 0) is 6.42 Å². The number of piperazine rings is 1. The Bertz CT molecular complexity index is 947. The average Bonchev–Trinajstić information content (AvgIpc) is 3.20. The monoisotopic (exact) mass is 520 g/mol. The van der Waals surface area contributed by atoms with Crippen molar-refractivity contribution in [3.8, 4) is 5.75 Å². The van der Waals surface area contributed by atoms with E-state index in [0.717, 1.165) is 67.9 Å². The van der Waals surface area contributed by atoms with Gasteiger partial charge in [0.1, 0.15) is 11.4 Å². The second-order valence-electron chi connectivity index (χ2n) is 7.07. The van der Waals surface area contributed by atoms with E-state index in [9.17, 15) is 0 Å². The molecule has 0 bridgehead atoms. The maximum atomic E-state index is 5.51. The fraction of sp³-hybridized carbons (Fsp3) is 0.364. The van der Waals surface area contributed by atoms with E-state index in [1.807, 2.05) is 43.6 Å². The van der Waals surface area contributed by atoms with Crippen LogP contribution in [0.25, 0.3) is 5.65 Å². The van der Waals surface area contributed by atoms with Crippen LogP contribution in [-0.4, -0.2) is 67.1 Å². The van der Waals surface area contributed by atoms with E-state index in [-0.39, 0.29) is 24.0 Å². The number of nitrogens with zero attached hydrogens (tertiary/aromatic N) is 5. The first kappa shape index (κ1) is 22.2. The first-order valence-electron chi connectivity index (χ1n) is 10.0. The zero-order chi connectivity index (χ0) is 20.1. The number of anilines is 1. The van der Waals surface area contributed by atoms with E-state index in [0.29, 0.717) is 0 Å². The van der Waals surface area contributed by atoms with Gasteiger partial charge >= 0.3 is 0 Å². The molecule has 1 N–H and O–H groups in total. The van der Waals surface area contributed by atoms with Gasteiger partial charge in [-0.15, -0.1) is 24.0 Å². The average molecular weight is 520 g/mol. The molecule has 1 saturated heterocycles. The van der Waals surface area contributed by atoms with Crippen LogP contribution in [0.1, 0.15) is 5.69 Å². The number of rotatable bonds is 5. The number of aromatic nitrogens is 2. The molecular formula is C22H29IN6O. The van der Waals surface area contributed by atoms with Crippen LogP contribution in [0, 0.1) is 0 Å². The number of para-hydroxylation sites is 2. The van der Waals surface area contributed by atoms with Crippen LogP contribution >= 0.6 is 24.0 Å². The summed E-state index contributed by atoms with van der Waals surface area (Å²) in [7, 11) is 3.57. The van der Waals surface area contributed by atoms with Gasteiger partial charge in [-0.2, -0.15) is 0 Å². The van der Waals surface area contributed by atoms with Gasteiger partial charge in [0.2, 0.25) is 0 Å². The second-order valence-corrected chi connectivity index (χ2v) is 7.07. The lowest BCUT2D eigenvalue weighted by Crippen LogP contribution is -2.52. The van der Waals surface area contributed by atoms with Crippen molar-refractivity contribution in [2.75, 3.05) is 51.8 Å². The molecule has 1 aromatic carbocycles. The summed E-state index contributed by atoms with van der Waals surface area (Å²) in [5.74, 6) is 1.88. The SMILES string of the molecule is CN=C(NCCc1cn2ccccc2n1)N1CCN(c2ccccc2OC)CC1.I. The molecule has 0 aliphatic carbocycles. The first-order chi connectivity index (χ1) is 14.3. The van der Waals surface area contributed by atoms with Crippen molar-refractivity contribution in [2.24, 2.45) is 4.99 Å². The van der Waals surface area contributed by atoms with Gasteiger partial charge in [0.15, 0.2) is 5.96 Å². The number of aliphatic imine (C=N–C) groups is 1. The first-order valence-corrected chi connectivity index (χ1v) is 10.0. The Morgan fingerprint density at radius 1 is 1.10 bits per heavy atom. The predicted octanol–water partition coefficient (Wildman–Crippen LogP) is 2.90. The fourth-order valence-electron chi connectivity index (χ4n) is 3.79. The molecule has 7 nitrogen and oxygen atoms in total.